The maximum Gasteiger partial charge on any atom is 0.274 e. The van der Waals surface area contributed by atoms with Gasteiger partial charge in [-0.05, 0) is 36.8 Å². The molecule has 2 aromatic heterocycles. The minimum atomic E-state index is -0.568. The van der Waals surface area contributed by atoms with Crippen LogP contribution in [0.15, 0.2) is 42.6 Å². The molecule has 0 unspecified atom stereocenters. The molecule has 2 amide bonds. The van der Waals surface area contributed by atoms with Crippen LogP contribution >= 0.6 is 23.2 Å². The second-order valence-corrected chi connectivity index (χ2v) is 7.32. The quantitative estimate of drug-likeness (QED) is 0.484. The highest BCUT2D eigenvalue weighted by Crippen LogP contribution is 2.25. The molecule has 2 heterocycles. The van der Waals surface area contributed by atoms with E-state index in [2.05, 4.69) is 26.6 Å². The van der Waals surface area contributed by atoms with Gasteiger partial charge in [-0.3, -0.25) is 9.59 Å². The summed E-state index contributed by atoms with van der Waals surface area (Å²) in [4.78, 5) is 29.9. The lowest BCUT2D eigenvalue weighted by Gasteiger charge is -2.12. The van der Waals surface area contributed by atoms with Gasteiger partial charge < -0.3 is 15.4 Å². The van der Waals surface area contributed by atoms with Crippen LogP contribution in [0.3, 0.4) is 0 Å². The largest absolute Gasteiger partial charge is 0.463 e. The normalized spacial score (nSPS) is 10.3. The maximum atomic E-state index is 13.2. The Balaban J connectivity index is 1.98. The fourth-order valence-electron chi connectivity index (χ4n) is 2.74. The molecule has 1 aromatic carbocycles. The van der Waals surface area contributed by atoms with E-state index in [1.165, 1.54) is 23.0 Å². The number of nitrogens with one attached hydrogen (secondary N) is 2. The van der Waals surface area contributed by atoms with E-state index in [9.17, 15) is 9.59 Å². The first kappa shape index (κ1) is 23.1. The lowest BCUT2D eigenvalue weighted by molar-refractivity contribution is 0.0954. The number of benzene rings is 1. The molecule has 0 spiro atoms. The number of hydrogen-bond acceptors (Lipinski definition) is 5. The summed E-state index contributed by atoms with van der Waals surface area (Å²) in [5.74, 6) is 1.76. The molecule has 0 radical (unpaired) electrons. The molecule has 0 aliphatic rings. The van der Waals surface area contributed by atoms with Crippen LogP contribution in [0.25, 0.3) is 5.82 Å². The monoisotopic (exact) mass is 471 g/mol. The average molecular weight is 472 g/mol. The van der Waals surface area contributed by atoms with Gasteiger partial charge in [0.2, 0.25) is 5.88 Å². The van der Waals surface area contributed by atoms with Crippen LogP contribution in [0.2, 0.25) is 10.0 Å². The summed E-state index contributed by atoms with van der Waals surface area (Å²) in [5.41, 5.74) is 0.580. The van der Waals surface area contributed by atoms with Gasteiger partial charge in [-0.1, -0.05) is 36.0 Å². The SMILES string of the molecule is C#CCOc1cc(C(=O)Nc2ccc(Cl)cc2C(=O)NCCC)n(-c2ncccc2Cl)n1. The van der Waals surface area contributed by atoms with Crippen molar-refractivity contribution in [3.05, 3.63) is 63.9 Å². The molecular weight excluding hydrogens is 453 g/mol. The maximum absolute atomic E-state index is 13.2. The fourth-order valence-corrected chi connectivity index (χ4v) is 3.11. The van der Waals surface area contributed by atoms with Gasteiger partial charge in [0.15, 0.2) is 12.4 Å². The first-order valence-corrected chi connectivity index (χ1v) is 10.4. The third kappa shape index (κ3) is 5.38. The van der Waals surface area contributed by atoms with Gasteiger partial charge in [0.1, 0.15) is 5.69 Å². The van der Waals surface area contributed by atoms with Crippen molar-refractivity contribution in [1.82, 2.24) is 20.1 Å². The Hall–Kier alpha value is -3.54. The molecular formula is C22H19Cl2N5O3. The lowest BCUT2D eigenvalue weighted by Crippen LogP contribution is -2.26. The van der Waals surface area contributed by atoms with E-state index < -0.39 is 5.91 Å². The van der Waals surface area contributed by atoms with E-state index in [0.717, 1.165) is 6.42 Å². The van der Waals surface area contributed by atoms with Gasteiger partial charge in [0, 0.05) is 23.8 Å². The van der Waals surface area contributed by atoms with E-state index in [1.807, 2.05) is 6.92 Å². The summed E-state index contributed by atoms with van der Waals surface area (Å²) in [5, 5.41) is 10.4. The highest BCUT2D eigenvalue weighted by Gasteiger charge is 2.22. The van der Waals surface area contributed by atoms with Gasteiger partial charge in [0.05, 0.1) is 16.3 Å². The van der Waals surface area contributed by atoms with E-state index in [0.29, 0.717) is 11.6 Å². The predicted molar refractivity (Wildman–Crippen MR) is 123 cm³/mol. The number of nitrogens with zero attached hydrogens (tertiary/aromatic N) is 3. The molecule has 0 saturated heterocycles. The number of aromatic nitrogens is 3. The number of hydrogen-bond donors (Lipinski definition) is 2. The molecule has 10 heteroatoms. The van der Waals surface area contributed by atoms with Crippen molar-refractivity contribution in [2.45, 2.75) is 13.3 Å². The van der Waals surface area contributed by atoms with Crippen molar-refractivity contribution in [1.29, 1.82) is 0 Å². The molecule has 0 aliphatic carbocycles. The number of pyridine rings is 1. The first-order chi connectivity index (χ1) is 15.4. The van der Waals surface area contributed by atoms with Gasteiger partial charge in [-0.2, -0.15) is 0 Å². The topological polar surface area (TPSA) is 98.1 Å². The van der Waals surface area contributed by atoms with Crippen molar-refractivity contribution in [2.24, 2.45) is 0 Å². The second-order valence-electron chi connectivity index (χ2n) is 6.48. The standard InChI is InChI=1S/C22H19Cl2N5O3/c1-3-9-26-21(30)15-12-14(23)7-8-17(15)27-22(31)18-13-19(32-11-4-2)28-29(18)20-16(24)6-5-10-25-20/h2,5-8,10,12-13H,3,9,11H2,1H3,(H,26,30)(H,27,31). The summed E-state index contributed by atoms with van der Waals surface area (Å²) in [6.45, 7) is 2.39. The summed E-state index contributed by atoms with van der Waals surface area (Å²) in [6.07, 6.45) is 7.52. The van der Waals surface area contributed by atoms with Crippen molar-refractivity contribution in [3.63, 3.8) is 0 Å². The lowest BCUT2D eigenvalue weighted by atomic mass is 10.1. The van der Waals surface area contributed by atoms with E-state index >= 15 is 0 Å². The molecule has 32 heavy (non-hydrogen) atoms. The molecule has 0 aliphatic heterocycles. The Morgan fingerprint density at radius 3 is 2.75 bits per heavy atom. The van der Waals surface area contributed by atoms with Crippen molar-refractivity contribution >= 4 is 40.7 Å². The van der Waals surface area contributed by atoms with Crippen LogP contribution in [-0.4, -0.2) is 39.7 Å². The third-order valence-electron chi connectivity index (χ3n) is 4.17. The number of terminal acetylenes is 1. The predicted octanol–water partition coefficient (Wildman–Crippen LogP) is 3.98. The fraction of sp³-hybridized carbons (Fsp3) is 0.182. The number of carbonyl (C=O) groups excluding carboxylic acids is 2. The molecule has 164 valence electrons. The summed E-state index contributed by atoms with van der Waals surface area (Å²) in [6, 6.07) is 9.28. The Kier molecular flexibility index (Phi) is 7.71. The summed E-state index contributed by atoms with van der Waals surface area (Å²) in [7, 11) is 0. The molecule has 3 rings (SSSR count). The van der Waals surface area contributed by atoms with Crippen LogP contribution in [0.5, 0.6) is 5.88 Å². The molecule has 0 fully saturated rings. The van der Waals surface area contributed by atoms with Crippen molar-refractivity contribution in [2.75, 3.05) is 18.5 Å². The second kappa shape index (κ2) is 10.7. The highest BCUT2D eigenvalue weighted by molar-refractivity contribution is 6.32. The zero-order valence-electron chi connectivity index (χ0n) is 17.1. The number of halogens is 2. The number of amides is 2. The van der Waals surface area contributed by atoms with E-state index in [4.69, 9.17) is 34.4 Å². The van der Waals surface area contributed by atoms with Gasteiger partial charge in [-0.15, -0.1) is 11.5 Å². The van der Waals surface area contributed by atoms with Crippen molar-refractivity contribution in [3.8, 4) is 24.0 Å². The number of rotatable bonds is 8. The minimum absolute atomic E-state index is 0.0348. The van der Waals surface area contributed by atoms with Crippen LogP contribution < -0.4 is 15.4 Å². The molecule has 2 N–H and O–H groups in total. The number of carbonyl (C=O) groups is 2. The molecule has 8 nitrogen and oxygen atoms in total. The van der Waals surface area contributed by atoms with Gasteiger partial charge >= 0.3 is 0 Å². The van der Waals surface area contributed by atoms with Gasteiger partial charge in [-0.25, -0.2) is 9.67 Å². The number of ether oxygens (including phenoxy) is 1. The molecule has 3 aromatic rings. The summed E-state index contributed by atoms with van der Waals surface area (Å²) >= 11 is 12.3. The highest BCUT2D eigenvalue weighted by atomic mass is 35.5. The Labute approximate surface area is 194 Å². The average Bonchev–Trinajstić information content (AvgIpc) is 3.21. The Morgan fingerprint density at radius 2 is 2.03 bits per heavy atom. The first-order valence-electron chi connectivity index (χ1n) is 9.61. The summed E-state index contributed by atoms with van der Waals surface area (Å²) < 4.78 is 6.61. The Morgan fingerprint density at radius 1 is 1.22 bits per heavy atom. The van der Waals surface area contributed by atoms with Crippen LogP contribution in [-0.2, 0) is 0 Å². The van der Waals surface area contributed by atoms with E-state index in [-0.39, 0.29) is 46.2 Å². The van der Waals surface area contributed by atoms with Gasteiger partial charge in [0.25, 0.3) is 11.8 Å². The molecule has 0 bridgehead atoms. The zero-order chi connectivity index (χ0) is 23.1. The molecule has 0 atom stereocenters. The van der Waals surface area contributed by atoms with Crippen LogP contribution in [0.1, 0.15) is 34.2 Å². The van der Waals surface area contributed by atoms with E-state index in [1.54, 1.807) is 24.3 Å². The van der Waals surface area contributed by atoms with Crippen LogP contribution in [0.4, 0.5) is 5.69 Å². The minimum Gasteiger partial charge on any atom is -0.463 e. The third-order valence-corrected chi connectivity index (χ3v) is 4.70. The van der Waals surface area contributed by atoms with Crippen LogP contribution in [0, 0.1) is 12.3 Å². The number of anilines is 1. The zero-order valence-corrected chi connectivity index (χ0v) is 18.6. The smallest absolute Gasteiger partial charge is 0.274 e. The Bertz CT molecular complexity index is 1190. The van der Waals surface area contributed by atoms with Crippen molar-refractivity contribution < 1.29 is 14.3 Å². The molecule has 0 saturated carbocycles.